The molecule has 0 spiro atoms. The fourth-order valence-corrected chi connectivity index (χ4v) is 2.50. The van der Waals surface area contributed by atoms with Gasteiger partial charge >= 0.3 is 0 Å². The molecule has 21 heavy (non-hydrogen) atoms. The van der Waals surface area contributed by atoms with Crippen LogP contribution >= 0.6 is 0 Å². The minimum atomic E-state index is 0.0595. The highest BCUT2D eigenvalue weighted by Gasteiger charge is 2.28. The van der Waals surface area contributed by atoms with E-state index < -0.39 is 0 Å². The lowest BCUT2D eigenvalue weighted by molar-refractivity contribution is 0.0562. The Bertz CT molecular complexity index is 452. The zero-order chi connectivity index (χ0) is 15.2. The number of aliphatic hydroxyl groups is 1. The number of rotatable bonds is 7. The summed E-state index contributed by atoms with van der Waals surface area (Å²) in [6.45, 7) is 4.71. The van der Waals surface area contributed by atoms with Crippen molar-refractivity contribution in [3.05, 3.63) is 29.8 Å². The summed E-state index contributed by atoms with van der Waals surface area (Å²) in [5.41, 5.74) is 0.691. The summed E-state index contributed by atoms with van der Waals surface area (Å²) in [5, 5.41) is 9.01. The quantitative estimate of drug-likeness (QED) is 0.840. The number of amides is 1. The molecule has 0 unspecified atom stereocenters. The third kappa shape index (κ3) is 4.21. The molecule has 4 nitrogen and oxygen atoms in total. The molecule has 1 aromatic rings. The van der Waals surface area contributed by atoms with Crippen molar-refractivity contribution in [3.63, 3.8) is 0 Å². The van der Waals surface area contributed by atoms with Crippen LogP contribution in [0.15, 0.2) is 24.3 Å². The molecule has 1 aliphatic carbocycles. The number of carbonyl (C=O) groups excluding carboxylic acids is 1. The van der Waals surface area contributed by atoms with Gasteiger partial charge in [-0.2, -0.15) is 0 Å². The molecule has 1 N–H and O–H groups in total. The fourth-order valence-electron chi connectivity index (χ4n) is 2.50. The van der Waals surface area contributed by atoms with Crippen LogP contribution in [0.2, 0.25) is 0 Å². The Balaban J connectivity index is 2.04. The normalized spacial score (nSPS) is 14.9. The molecule has 1 aromatic carbocycles. The van der Waals surface area contributed by atoms with Gasteiger partial charge in [0.25, 0.3) is 5.91 Å². The number of hydrogen-bond donors (Lipinski definition) is 1. The van der Waals surface area contributed by atoms with Crippen LogP contribution in [-0.2, 0) is 0 Å². The number of carbonyl (C=O) groups is 1. The van der Waals surface area contributed by atoms with E-state index in [4.69, 9.17) is 9.84 Å². The monoisotopic (exact) mass is 291 g/mol. The van der Waals surface area contributed by atoms with Crippen LogP contribution in [0.4, 0.5) is 0 Å². The van der Waals surface area contributed by atoms with E-state index >= 15 is 0 Å². The first-order chi connectivity index (χ1) is 10.1. The van der Waals surface area contributed by atoms with Crippen molar-refractivity contribution in [3.8, 4) is 5.75 Å². The Hall–Kier alpha value is -1.55. The van der Waals surface area contributed by atoms with E-state index in [1.54, 1.807) is 0 Å². The minimum Gasteiger partial charge on any atom is -0.491 e. The highest BCUT2D eigenvalue weighted by Crippen LogP contribution is 2.27. The van der Waals surface area contributed by atoms with Gasteiger partial charge in [-0.25, -0.2) is 0 Å². The summed E-state index contributed by atoms with van der Waals surface area (Å²) < 4.78 is 5.60. The van der Waals surface area contributed by atoms with E-state index in [2.05, 4.69) is 0 Å². The van der Waals surface area contributed by atoms with Gasteiger partial charge in [0.1, 0.15) is 5.75 Å². The standard InChI is InChI=1S/C17H25NO3/c1-13(2)21-16-9-7-14(8-10-16)17(20)18(11-4-12-19)15-5-3-6-15/h7-10,13,15,19H,3-6,11-12H2,1-2H3. The zero-order valence-corrected chi connectivity index (χ0v) is 12.9. The highest BCUT2D eigenvalue weighted by atomic mass is 16.5. The summed E-state index contributed by atoms with van der Waals surface area (Å²) in [6.07, 6.45) is 4.10. The summed E-state index contributed by atoms with van der Waals surface area (Å²) in [6, 6.07) is 7.68. The Morgan fingerprint density at radius 1 is 1.33 bits per heavy atom. The van der Waals surface area contributed by atoms with Gasteiger partial charge in [-0.05, 0) is 63.8 Å². The molecule has 1 aliphatic rings. The van der Waals surface area contributed by atoms with E-state index in [9.17, 15) is 4.79 Å². The molecule has 0 bridgehead atoms. The summed E-state index contributed by atoms with van der Waals surface area (Å²) >= 11 is 0. The van der Waals surface area contributed by atoms with Crippen molar-refractivity contribution in [1.29, 1.82) is 0 Å². The van der Waals surface area contributed by atoms with Crippen LogP contribution in [0.5, 0.6) is 5.75 Å². The number of ether oxygens (including phenoxy) is 1. The average Bonchev–Trinajstić information content (AvgIpc) is 2.40. The van der Waals surface area contributed by atoms with Crippen molar-refractivity contribution in [2.24, 2.45) is 0 Å². The maximum Gasteiger partial charge on any atom is 0.254 e. The Morgan fingerprint density at radius 3 is 2.48 bits per heavy atom. The lowest BCUT2D eigenvalue weighted by atomic mass is 9.90. The Kier molecular flexibility index (Phi) is 5.62. The van der Waals surface area contributed by atoms with E-state index in [0.29, 0.717) is 24.6 Å². The van der Waals surface area contributed by atoms with Crippen molar-refractivity contribution < 1.29 is 14.6 Å². The van der Waals surface area contributed by atoms with Crippen LogP contribution in [0.1, 0.15) is 49.9 Å². The molecule has 0 saturated heterocycles. The van der Waals surface area contributed by atoms with E-state index in [0.717, 1.165) is 18.6 Å². The molecule has 116 valence electrons. The molecule has 0 atom stereocenters. The second-order valence-corrected chi connectivity index (χ2v) is 5.85. The smallest absolute Gasteiger partial charge is 0.254 e. The van der Waals surface area contributed by atoms with Gasteiger partial charge in [0, 0.05) is 24.8 Å². The van der Waals surface area contributed by atoms with Gasteiger partial charge in [0.2, 0.25) is 0 Å². The van der Waals surface area contributed by atoms with Crippen LogP contribution in [0.3, 0.4) is 0 Å². The van der Waals surface area contributed by atoms with Crippen LogP contribution in [0.25, 0.3) is 0 Å². The topological polar surface area (TPSA) is 49.8 Å². The lowest BCUT2D eigenvalue weighted by Crippen LogP contribution is -2.44. The molecular formula is C17H25NO3. The van der Waals surface area contributed by atoms with Gasteiger partial charge in [-0.1, -0.05) is 0 Å². The zero-order valence-electron chi connectivity index (χ0n) is 12.9. The predicted octanol–water partition coefficient (Wildman–Crippen LogP) is 2.85. The van der Waals surface area contributed by atoms with Crippen LogP contribution in [0, 0.1) is 0 Å². The van der Waals surface area contributed by atoms with Crippen LogP contribution < -0.4 is 4.74 Å². The number of nitrogens with zero attached hydrogens (tertiary/aromatic N) is 1. The average molecular weight is 291 g/mol. The molecule has 0 aliphatic heterocycles. The molecule has 4 heteroatoms. The summed E-state index contributed by atoms with van der Waals surface area (Å²) in [5.74, 6) is 0.844. The van der Waals surface area contributed by atoms with E-state index in [1.165, 1.54) is 6.42 Å². The summed E-state index contributed by atoms with van der Waals surface area (Å²) in [4.78, 5) is 14.5. The summed E-state index contributed by atoms with van der Waals surface area (Å²) in [7, 11) is 0. The van der Waals surface area contributed by atoms with Gasteiger partial charge in [0.05, 0.1) is 6.10 Å². The van der Waals surface area contributed by atoms with Crippen molar-refractivity contribution in [2.75, 3.05) is 13.2 Å². The van der Waals surface area contributed by atoms with Gasteiger partial charge in [0.15, 0.2) is 0 Å². The first-order valence-electron chi connectivity index (χ1n) is 7.80. The molecule has 0 radical (unpaired) electrons. The molecular weight excluding hydrogens is 266 g/mol. The van der Waals surface area contributed by atoms with Gasteiger partial charge in [-0.3, -0.25) is 4.79 Å². The third-order valence-corrected chi connectivity index (χ3v) is 3.81. The second-order valence-electron chi connectivity index (χ2n) is 5.85. The largest absolute Gasteiger partial charge is 0.491 e. The van der Waals surface area contributed by atoms with E-state index in [1.807, 2.05) is 43.0 Å². The molecule has 1 amide bonds. The second kappa shape index (κ2) is 7.46. The molecule has 0 aromatic heterocycles. The Labute approximate surface area is 126 Å². The molecule has 1 saturated carbocycles. The maximum absolute atomic E-state index is 12.6. The van der Waals surface area contributed by atoms with E-state index in [-0.39, 0.29) is 18.6 Å². The molecule has 0 heterocycles. The van der Waals surface area contributed by atoms with Crippen LogP contribution in [-0.4, -0.2) is 41.2 Å². The first-order valence-corrected chi connectivity index (χ1v) is 7.80. The number of aliphatic hydroxyl groups excluding tert-OH is 1. The first kappa shape index (κ1) is 15.8. The molecule has 2 rings (SSSR count). The van der Waals surface area contributed by atoms with Crippen molar-refractivity contribution in [2.45, 2.75) is 51.7 Å². The predicted molar refractivity (Wildman–Crippen MR) is 82.6 cm³/mol. The van der Waals surface area contributed by atoms with Crippen molar-refractivity contribution in [1.82, 2.24) is 4.90 Å². The fraction of sp³-hybridized carbons (Fsp3) is 0.588. The number of hydrogen-bond acceptors (Lipinski definition) is 3. The van der Waals surface area contributed by atoms with Gasteiger partial charge in [-0.15, -0.1) is 0 Å². The lowest BCUT2D eigenvalue weighted by Gasteiger charge is -2.37. The van der Waals surface area contributed by atoms with Crippen molar-refractivity contribution >= 4 is 5.91 Å². The third-order valence-electron chi connectivity index (χ3n) is 3.81. The molecule has 1 fully saturated rings. The Morgan fingerprint density at radius 2 is 2.00 bits per heavy atom. The highest BCUT2D eigenvalue weighted by molar-refractivity contribution is 5.94. The van der Waals surface area contributed by atoms with Gasteiger partial charge < -0.3 is 14.7 Å². The minimum absolute atomic E-state index is 0.0595. The SMILES string of the molecule is CC(C)Oc1ccc(C(=O)N(CCCO)C2CCC2)cc1. The maximum atomic E-state index is 12.6. The number of benzene rings is 1.